The molecule has 2 amide bonds. The zero-order valence-corrected chi connectivity index (χ0v) is 17.8. The Balaban J connectivity index is 0.00000196. The summed E-state index contributed by atoms with van der Waals surface area (Å²) < 4.78 is 4.79. The van der Waals surface area contributed by atoms with Gasteiger partial charge in [-0.3, -0.25) is 9.78 Å². The van der Waals surface area contributed by atoms with Crippen molar-refractivity contribution in [2.75, 3.05) is 57.8 Å². The van der Waals surface area contributed by atoms with Crippen LogP contribution >= 0.6 is 24.8 Å². The van der Waals surface area contributed by atoms with Crippen molar-refractivity contribution in [1.29, 1.82) is 0 Å². The monoisotopic (exact) mass is 433 g/mol. The van der Waals surface area contributed by atoms with Crippen molar-refractivity contribution in [3.8, 4) is 0 Å². The van der Waals surface area contributed by atoms with Crippen molar-refractivity contribution in [2.24, 2.45) is 0 Å². The van der Waals surface area contributed by atoms with E-state index in [4.69, 9.17) is 4.74 Å². The second-order valence-electron chi connectivity index (χ2n) is 6.61. The van der Waals surface area contributed by atoms with Gasteiger partial charge in [-0.2, -0.15) is 0 Å². The third kappa shape index (κ3) is 6.12. The first-order chi connectivity index (χ1) is 12.7. The lowest BCUT2D eigenvalue weighted by Gasteiger charge is -2.42. The standard InChI is InChI=1S/C18H27N5O3.2ClH/c1-26-17(24)15-23(22-9-3-2-4-10-22)18(25)21-13-11-20(12-14-21)16-5-7-19-8-6-16;;/h5-8H,2-4,9-15H2,1H3;2*1H. The Bertz CT molecular complexity index is 608. The lowest BCUT2D eigenvalue weighted by atomic mass is 10.2. The van der Waals surface area contributed by atoms with Crippen molar-refractivity contribution >= 4 is 42.5 Å². The summed E-state index contributed by atoms with van der Waals surface area (Å²) in [6.07, 6.45) is 6.81. The summed E-state index contributed by atoms with van der Waals surface area (Å²) >= 11 is 0. The van der Waals surface area contributed by atoms with Crippen molar-refractivity contribution in [1.82, 2.24) is 19.9 Å². The molecule has 1 aromatic rings. The summed E-state index contributed by atoms with van der Waals surface area (Å²) in [6, 6.07) is 3.86. The molecule has 2 fully saturated rings. The van der Waals surface area contributed by atoms with Crippen LogP contribution < -0.4 is 4.90 Å². The van der Waals surface area contributed by atoms with Gasteiger partial charge in [-0.05, 0) is 25.0 Å². The number of hydrazine groups is 1. The topological polar surface area (TPSA) is 69.2 Å². The van der Waals surface area contributed by atoms with Crippen LogP contribution in [-0.4, -0.2) is 84.8 Å². The average Bonchev–Trinajstić information content (AvgIpc) is 2.72. The van der Waals surface area contributed by atoms with E-state index in [-0.39, 0.29) is 43.4 Å². The van der Waals surface area contributed by atoms with E-state index in [0.29, 0.717) is 13.1 Å². The molecule has 28 heavy (non-hydrogen) atoms. The summed E-state index contributed by atoms with van der Waals surface area (Å²) in [5, 5.41) is 3.57. The van der Waals surface area contributed by atoms with Gasteiger partial charge < -0.3 is 14.5 Å². The number of carbonyl (C=O) groups excluding carboxylic acids is 2. The maximum atomic E-state index is 13.1. The lowest BCUT2D eigenvalue weighted by molar-refractivity contribution is -0.146. The van der Waals surface area contributed by atoms with Gasteiger partial charge in [0.25, 0.3) is 0 Å². The molecule has 8 nitrogen and oxygen atoms in total. The lowest BCUT2D eigenvalue weighted by Crippen LogP contribution is -2.59. The number of amides is 2. The van der Waals surface area contributed by atoms with Crippen LogP contribution in [-0.2, 0) is 9.53 Å². The Morgan fingerprint density at radius 1 is 1.00 bits per heavy atom. The highest BCUT2D eigenvalue weighted by molar-refractivity contribution is 5.85. The molecule has 0 aliphatic carbocycles. The largest absolute Gasteiger partial charge is 0.468 e. The van der Waals surface area contributed by atoms with Crippen molar-refractivity contribution < 1.29 is 14.3 Å². The molecule has 158 valence electrons. The molecule has 0 N–H and O–H groups in total. The fraction of sp³-hybridized carbons (Fsp3) is 0.611. The number of pyridine rings is 1. The van der Waals surface area contributed by atoms with Gasteiger partial charge >= 0.3 is 12.0 Å². The van der Waals surface area contributed by atoms with Crippen molar-refractivity contribution in [2.45, 2.75) is 19.3 Å². The van der Waals surface area contributed by atoms with Crippen LogP contribution in [0.1, 0.15) is 19.3 Å². The van der Waals surface area contributed by atoms with Gasteiger partial charge in [-0.1, -0.05) is 6.42 Å². The van der Waals surface area contributed by atoms with Gasteiger partial charge in [0, 0.05) is 57.3 Å². The van der Waals surface area contributed by atoms with Gasteiger partial charge in [-0.15, -0.1) is 24.8 Å². The predicted molar refractivity (Wildman–Crippen MR) is 112 cm³/mol. The number of halogens is 2. The molecule has 3 heterocycles. The van der Waals surface area contributed by atoms with E-state index in [9.17, 15) is 9.59 Å². The van der Waals surface area contributed by atoms with E-state index >= 15 is 0 Å². The highest BCUT2D eigenvalue weighted by Crippen LogP contribution is 2.18. The Morgan fingerprint density at radius 2 is 1.61 bits per heavy atom. The van der Waals surface area contributed by atoms with Crippen LogP contribution in [0.4, 0.5) is 10.5 Å². The first kappa shape index (κ1) is 24.3. The van der Waals surface area contributed by atoms with Crippen molar-refractivity contribution in [3.05, 3.63) is 24.5 Å². The van der Waals surface area contributed by atoms with Crippen molar-refractivity contribution in [3.63, 3.8) is 0 Å². The molecule has 0 saturated carbocycles. The SMILES string of the molecule is COC(=O)CN(C(=O)N1CCN(c2ccncc2)CC1)N1CCCCC1.Cl.Cl. The minimum Gasteiger partial charge on any atom is -0.468 e. The predicted octanol–water partition coefficient (Wildman–Crippen LogP) is 2.04. The Morgan fingerprint density at radius 3 is 2.18 bits per heavy atom. The molecule has 0 spiro atoms. The molecule has 0 unspecified atom stereocenters. The van der Waals surface area contributed by atoms with E-state index in [1.165, 1.54) is 13.5 Å². The summed E-state index contributed by atoms with van der Waals surface area (Å²) in [6.45, 7) is 4.38. The second-order valence-corrected chi connectivity index (χ2v) is 6.61. The van der Waals surface area contributed by atoms with E-state index in [2.05, 4.69) is 9.88 Å². The smallest absolute Gasteiger partial charge is 0.335 e. The van der Waals surface area contributed by atoms with Crippen LogP contribution in [0.2, 0.25) is 0 Å². The van der Waals surface area contributed by atoms with Crippen LogP contribution in [0, 0.1) is 0 Å². The molecule has 0 aromatic carbocycles. The van der Waals surface area contributed by atoms with Crippen LogP contribution in [0.25, 0.3) is 0 Å². The molecular weight excluding hydrogens is 405 g/mol. The number of esters is 1. The summed E-state index contributed by atoms with van der Waals surface area (Å²) in [4.78, 5) is 33.0. The number of piperazine rings is 1. The number of methoxy groups -OCH3 is 1. The second kappa shape index (κ2) is 11.9. The van der Waals surface area contributed by atoms with E-state index in [0.717, 1.165) is 44.7 Å². The number of piperidine rings is 1. The van der Waals surface area contributed by atoms with Gasteiger partial charge in [0.2, 0.25) is 0 Å². The number of urea groups is 1. The third-order valence-electron chi connectivity index (χ3n) is 4.98. The molecule has 2 aliphatic heterocycles. The quantitative estimate of drug-likeness (QED) is 0.676. The number of ether oxygens (including phenoxy) is 1. The Kier molecular flexibility index (Phi) is 10.3. The molecule has 10 heteroatoms. The fourth-order valence-electron chi connectivity index (χ4n) is 3.47. The number of hydrogen-bond acceptors (Lipinski definition) is 6. The average molecular weight is 434 g/mol. The first-order valence-electron chi connectivity index (χ1n) is 9.22. The molecule has 3 rings (SSSR count). The van der Waals surface area contributed by atoms with Crippen LogP contribution in [0.5, 0.6) is 0 Å². The highest BCUT2D eigenvalue weighted by Gasteiger charge is 2.31. The number of carbonyl (C=O) groups is 2. The number of nitrogens with zero attached hydrogens (tertiary/aromatic N) is 5. The Labute approximate surface area is 178 Å². The maximum absolute atomic E-state index is 13.1. The summed E-state index contributed by atoms with van der Waals surface area (Å²) in [5.74, 6) is -0.389. The molecule has 0 radical (unpaired) electrons. The summed E-state index contributed by atoms with van der Waals surface area (Å²) in [5.41, 5.74) is 1.12. The fourth-order valence-corrected chi connectivity index (χ4v) is 3.47. The van der Waals surface area contributed by atoms with Crippen LogP contribution in [0.3, 0.4) is 0 Å². The van der Waals surface area contributed by atoms with Gasteiger partial charge in [0.05, 0.1) is 7.11 Å². The van der Waals surface area contributed by atoms with Gasteiger partial charge in [-0.25, -0.2) is 14.8 Å². The Hall–Kier alpha value is -1.77. The first-order valence-corrected chi connectivity index (χ1v) is 9.22. The van der Waals surface area contributed by atoms with Gasteiger partial charge in [0.15, 0.2) is 0 Å². The number of anilines is 1. The molecule has 0 bridgehead atoms. The minimum atomic E-state index is -0.389. The normalized spacial score (nSPS) is 17.2. The zero-order valence-electron chi connectivity index (χ0n) is 16.2. The van der Waals surface area contributed by atoms with E-state index < -0.39 is 0 Å². The number of rotatable bonds is 4. The van der Waals surface area contributed by atoms with Crippen LogP contribution in [0.15, 0.2) is 24.5 Å². The number of aromatic nitrogens is 1. The van der Waals surface area contributed by atoms with E-state index in [1.807, 2.05) is 22.0 Å². The van der Waals surface area contributed by atoms with Gasteiger partial charge in [0.1, 0.15) is 6.54 Å². The third-order valence-corrected chi connectivity index (χ3v) is 4.98. The molecular formula is C18H29Cl2N5O3. The zero-order chi connectivity index (χ0) is 18.4. The molecule has 1 aromatic heterocycles. The van der Waals surface area contributed by atoms with E-state index in [1.54, 1.807) is 17.4 Å². The highest BCUT2D eigenvalue weighted by atomic mass is 35.5. The number of hydrogen-bond donors (Lipinski definition) is 0. The summed E-state index contributed by atoms with van der Waals surface area (Å²) in [7, 11) is 1.36. The molecule has 2 aliphatic rings. The molecule has 0 atom stereocenters. The molecule has 2 saturated heterocycles. The minimum absolute atomic E-state index is 0. The maximum Gasteiger partial charge on any atom is 0.335 e.